The first kappa shape index (κ1) is 18.7. The molecule has 0 spiro atoms. The Balaban J connectivity index is 2.01. The minimum Gasteiger partial charge on any atom is -0.493 e. The van der Waals surface area contributed by atoms with Crippen LogP contribution in [0, 0.1) is 5.82 Å². The van der Waals surface area contributed by atoms with Crippen molar-refractivity contribution in [3.05, 3.63) is 57.8 Å². The summed E-state index contributed by atoms with van der Waals surface area (Å²) in [6.45, 7) is 0. The summed E-state index contributed by atoms with van der Waals surface area (Å²) in [7, 11) is 3.00. The van der Waals surface area contributed by atoms with Crippen LogP contribution >= 0.6 is 15.9 Å². The van der Waals surface area contributed by atoms with Crippen LogP contribution in [0.2, 0.25) is 0 Å². The molecule has 2 aromatic rings. The monoisotopic (exact) mass is 410 g/mol. The van der Waals surface area contributed by atoms with Gasteiger partial charge in [-0.2, -0.15) is 0 Å². The average Bonchev–Trinajstić information content (AvgIpc) is 2.61. The van der Waals surface area contributed by atoms with Gasteiger partial charge in [0.15, 0.2) is 11.5 Å². The lowest BCUT2D eigenvalue weighted by Gasteiger charge is -2.12. The Hall–Kier alpha value is -2.61. The van der Waals surface area contributed by atoms with Crippen molar-refractivity contribution in [1.82, 2.24) is 10.9 Å². The molecule has 0 bridgehead atoms. The molecule has 0 fully saturated rings. The number of nitrogens with one attached hydrogen (secondary N) is 2. The van der Waals surface area contributed by atoms with Crippen LogP contribution in [0.4, 0.5) is 4.39 Å². The molecule has 8 heteroatoms. The van der Waals surface area contributed by atoms with Crippen LogP contribution in [0.25, 0.3) is 0 Å². The molecule has 0 saturated carbocycles. The van der Waals surface area contributed by atoms with Crippen molar-refractivity contribution in [2.24, 2.45) is 0 Å². The van der Waals surface area contributed by atoms with Gasteiger partial charge in [-0.15, -0.1) is 0 Å². The Bertz CT molecular complexity index is 798. The van der Waals surface area contributed by atoms with E-state index in [1.807, 2.05) is 0 Å². The smallest absolute Gasteiger partial charge is 0.272 e. The van der Waals surface area contributed by atoms with E-state index in [0.29, 0.717) is 21.5 Å². The van der Waals surface area contributed by atoms with Crippen LogP contribution in [0.1, 0.15) is 15.9 Å². The number of halogens is 2. The van der Waals surface area contributed by atoms with Gasteiger partial charge in [-0.1, -0.05) is 28.1 Å². The highest BCUT2D eigenvalue weighted by Crippen LogP contribution is 2.33. The van der Waals surface area contributed by atoms with Gasteiger partial charge in [-0.3, -0.25) is 20.4 Å². The van der Waals surface area contributed by atoms with E-state index in [1.54, 1.807) is 12.1 Å². The van der Waals surface area contributed by atoms with Gasteiger partial charge in [0.25, 0.3) is 5.91 Å². The number of hydrogen-bond acceptors (Lipinski definition) is 4. The van der Waals surface area contributed by atoms with Crippen LogP contribution in [-0.4, -0.2) is 26.0 Å². The Labute approximate surface area is 152 Å². The van der Waals surface area contributed by atoms with Gasteiger partial charge >= 0.3 is 0 Å². The van der Waals surface area contributed by atoms with E-state index in [0.717, 1.165) is 6.07 Å². The number of benzene rings is 2. The summed E-state index contributed by atoms with van der Waals surface area (Å²) in [5.74, 6) is -0.886. The third kappa shape index (κ3) is 4.69. The zero-order valence-electron chi connectivity index (χ0n) is 13.6. The molecule has 25 heavy (non-hydrogen) atoms. The first-order chi connectivity index (χ1) is 12.0. The normalized spacial score (nSPS) is 10.1. The summed E-state index contributed by atoms with van der Waals surface area (Å²) < 4.78 is 24.5. The zero-order chi connectivity index (χ0) is 18.4. The van der Waals surface area contributed by atoms with Crippen molar-refractivity contribution in [1.29, 1.82) is 0 Å². The van der Waals surface area contributed by atoms with E-state index in [2.05, 4.69) is 26.8 Å². The third-order valence-electron chi connectivity index (χ3n) is 3.34. The van der Waals surface area contributed by atoms with Crippen LogP contribution in [0.5, 0.6) is 11.5 Å². The largest absolute Gasteiger partial charge is 0.493 e. The van der Waals surface area contributed by atoms with Gasteiger partial charge in [0.1, 0.15) is 5.82 Å². The van der Waals surface area contributed by atoms with Gasteiger partial charge in [-0.25, -0.2) is 4.39 Å². The molecule has 0 atom stereocenters. The van der Waals surface area contributed by atoms with Gasteiger partial charge in [-0.05, 0) is 29.8 Å². The molecule has 0 aromatic heterocycles. The number of rotatable bonds is 5. The molecule has 0 aliphatic heterocycles. The maximum Gasteiger partial charge on any atom is 0.272 e. The predicted octanol–water partition coefficient (Wildman–Crippen LogP) is 2.61. The van der Waals surface area contributed by atoms with Crippen LogP contribution in [0.15, 0.2) is 40.9 Å². The number of amides is 2. The lowest BCUT2D eigenvalue weighted by Crippen LogP contribution is -2.42. The number of carbonyl (C=O) groups excluding carboxylic acids is 2. The van der Waals surface area contributed by atoms with Crippen molar-refractivity contribution in [2.45, 2.75) is 6.42 Å². The number of hydrazine groups is 1. The second-order valence-corrected chi connectivity index (χ2v) is 5.81. The molecule has 2 aromatic carbocycles. The molecule has 2 N–H and O–H groups in total. The van der Waals surface area contributed by atoms with Crippen molar-refractivity contribution < 1.29 is 23.5 Å². The molecule has 0 unspecified atom stereocenters. The number of hydrogen-bond donors (Lipinski definition) is 2. The van der Waals surface area contributed by atoms with E-state index < -0.39 is 17.6 Å². The fourth-order valence-electron chi connectivity index (χ4n) is 2.09. The molecule has 2 rings (SSSR count). The van der Waals surface area contributed by atoms with Gasteiger partial charge in [0, 0.05) is 4.47 Å². The third-order valence-corrected chi connectivity index (χ3v) is 4.08. The highest BCUT2D eigenvalue weighted by atomic mass is 79.9. The van der Waals surface area contributed by atoms with Gasteiger partial charge in [0.05, 0.1) is 26.2 Å². The summed E-state index contributed by atoms with van der Waals surface area (Å²) >= 11 is 3.35. The number of ether oxygens (including phenoxy) is 2. The minimum absolute atomic E-state index is 0.0293. The number of methoxy groups -OCH3 is 2. The van der Waals surface area contributed by atoms with E-state index in [9.17, 15) is 14.0 Å². The molecule has 0 heterocycles. The highest BCUT2D eigenvalue weighted by molar-refractivity contribution is 9.10. The predicted molar refractivity (Wildman–Crippen MR) is 93.0 cm³/mol. The zero-order valence-corrected chi connectivity index (χ0v) is 15.1. The molecular formula is C17H16BrFN2O4. The molecule has 6 nitrogen and oxygen atoms in total. The standard InChI is InChI=1S/C17H16BrFN2O4/c1-24-14-7-10(12(18)9-15(14)25-2)8-16(22)20-21-17(23)11-5-3-4-6-13(11)19/h3-7,9H,8H2,1-2H3,(H,20,22)(H,21,23). The van der Waals surface area contributed by atoms with E-state index in [-0.39, 0.29) is 12.0 Å². The summed E-state index contributed by atoms with van der Waals surface area (Å²) in [6, 6.07) is 8.82. The van der Waals surface area contributed by atoms with Crippen LogP contribution in [0.3, 0.4) is 0 Å². The molecule has 0 aliphatic carbocycles. The fourth-order valence-corrected chi connectivity index (χ4v) is 2.55. The molecule has 0 saturated heterocycles. The van der Waals surface area contributed by atoms with E-state index >= 15 is 0 Å². The van der Waals surface area contributed by atoms with Gasteiger partial charge < -0.3 is 9.47 Å². The lowest BCUT2D eigenvalue weighted by atomic mass is 10.1. The Morgan fingerprint density at radius 1 is 1.08 bits per heavy atom. The Morgan fingerprint density at radius 3 is 2.36 bits per heavy atom. The molecule has 132 valence electrons. The van der Waals surface area contributed by atoms with Crippen LogP contribution < -0.4 is 20.3 Å². The Morgan fingerprint density at radius 2 is 1.72 bits per heavy atom. The maximum atomic E-state index is 13.5. The molecule has 2 amide bonds. The minimum atomic E-state index is -0.738. The van der Waals surface area contributed by atoms with Crippen molar-refractivity contribution in [3.8, 4) is 11.5 Å². The summed E-state index contributed by atoms with van der Waals surface area (Å²) in [5.41, 5.74) is 4.91. The summed E-state index contributed by atoms with van der Waals surface area (Å²) in [4.78, 5) is 23.9. The highest BCUT2D eigenvalue weighted by Gasteiger charge is 2.15. The summed E-state index contributed by atoms with van der Waals surface area (Å²) in [5, 5.41) is 0. The Kier molecular flexibility index (Phi) is 6.35. The second-order valence-electron chi connectivity index (χ2n) is 4.96. The average molecular weight is 411 g/mol. The van der Waals surface area contributed by atoms with Gasteiger partial charge in [0.2, 0.25) is 5.91 Å². The van der Waals surface area contributed by atoms with Crippen molar-refractivity contribution >= 4 is 27.7 Å². The maximum absolute atomic E-state index is 13.5. The summed E-state index contributed by atoms with van der Waals surface area (Å²) in [6.07, 6.45) is -0.0293. The molecule has 0 aliphatic rings. The SMILES string of the molecule is COc1cc(Br)c(CC(=O)NNC(=O)c2ccccc2F)cc1OC. The van der Waals surface area contributed by atoms with Crippen LogP contribution in [-0.2, 0) is 11.2 Å². The first-order valence-electron chi connectivity index (χ1n) is 7.20. The van der Waals surface area contributed by atoms with Crippen molar-refractivity contribution in [3.63, 3.8) is 0 Å². The van der Waals surface area contributed by atoms with E-state index in [4.69, 9.17) is 9.47 Å². The number of carbonyl (C=O) groups is 2. The quantitative estimate of drug-likeness (QED) is 0.742. The lowest BCUT2D eigenvalue weighted by molar-refractivity contribution is -0.121. The first-order valence-corrected chi connectivity index (χ1v) is 7.99. The van der Waals surface area contributed by atoms with E-state index in [1.165, 1.54) is 32.4 Å². The second kappa shape index (κ2) is 8.48. The fraction of sp³-hybridized carbons (Fsp3) is 0.176. The topological polar surface area (TPSA) is 76.7 Å². The molecular weight excluding hydrogens is 395 g/mol. The molecule has 0 radical (unpaired) electrons. The van der Waals surface area contributed by atoms with Crippen molar-refractivity contribution in [2.75, 3.05) is 14.2 Å².